The van der Waals surface area contributed by atoms with E-state index < -0.39 is 0 Å². The van der Waals surface area contributed by atoms with Gasteiger partial charge in [-0.25, -0.2) is 14.4 Å². The van der Waals surface area contributed by atoms with Gasteiger partial charge in [0, 0.05) is 11.3 Å². The van der Waals surface area contributed by atoms with E-state index in [-0.39, 0.29) is 11.7 Å². The highest BCUT2D eigenvalue weighted by Gasteiger charge is 2.15. The van der Waals surface area contributed by atoms with Gasteiger partial charge in [-0.15, -0.1) is 11.6 Å². The molecule has 20 heavy (non-hydrogen) atoms. The highest BCUT2D eigenvalue weighted by Crippen LogP contribution is 2.25. The van der Waals surface area contributed by atoms with Gasteiger partial charge in [0.25, 0.3) is 0 Å². The summed E-state index contributed by atoms with van der Waals surface area (Å²) >= 11 is 5.98. The van der Waals surface area contributed by atoms with Crippen molar-refractivity contribution >= 4 is 22.8 Å². The van der Waals surface area contributed by atoms with Crippen LogP contribution in [0.25, 0.3) is 16.9 Å². The first-order chi connectivity index (χ1) is 9.61. The monoisotopic (exact) mass is 289 g/mol. The number of nitrogens with zero attached hydrogens (tertiary/aromatic N) is 3. The Labute approximate surface area is 121 Å². The smallest absolute Gasteiger partial charge is 0.164 e. The van der Waals surface area contributed by atoms with Crippen molar-refractivity contribution in [2.45, 2.75) is 19.7 Å². The molecule has 0 atom stereocenters. The molecular weight excluding hydrogens is 277 g/mol. The predicted molar refractivity (Wildman–Crippen MR) is 77.9 cm³/mol. The molecule has 0 spiro atoms. The maximum absolute atomic E-state index is 13.8. The summed E-state index contributed by atoms with van der Waals surface area (Å²) in [5, 5.41) is 0. The van der Waals surface area contributed by atoms with Crippen LogP contribution >= 0.6 is 11.6 Å². The third-order valence-electron chi connectivity index (χ3n) is 3.31. The van der Waals surface area contributed by atoms with Crippen molar-refractivity contribution < 1.29 is 4.39 Å². The average molecular weight is 290 g/mol. The minimum atomic E-state index is -0.252. The Morgan fingerprint density at radius 3 is 2.70 bits per heavy atom. The number of aromatic nitrogens is 3. The van der Waals surface area contributed by atoms with Gasteiger partial charge < -0.3 is 0 Å². The molecule has 0 N–H and O–H groups in total. The first-order valence-electron chi connectivity index (χ1n) is 6.28. The molecule has 0 saturated carbocycles. The molecule has 0 fully saturated rings. The highest BCUT2D eigenvalue weighted by atomic mass is 35.5. The molecule has 0 aliphatic heterocycles. The van der Waals surface area contributed by atoms with Gasteiger partial charge in [0.05, 0.1) is 11.6 Å². The minimum Gasteiger partial charge on any atom is -0.279 e. The Morgan fingerprint density at radius 1 is 1.15 bits per heavy atom. The van der Waals surface area contributed by atoms with E-state index in [2.05, 4.69) is 9.97 Å². The molecule has 0 saturated heterocycles. The Morgan fingerprint density at radius 2 is 1.95 bits per heavy atom. The van der Waals surface area contributed by atoms with Gasteiger partial charge in [0.2, 0.25) is 0 Å². The molecule has 0 aliphatic carbocycles. The number of hydrogen-bond acceptors (Lipinski definition) is 2. The fraction of sp³-hybridized carbons (Fsp3) is 0.200. The molecule has 5 heteroatoms. The number of pyridine rings is 1. The minimum absolute atomic E-state index is 0.241. The van der Waals surface area contributed by atoms with Crippen LogP contribution in [0.15, 0.2) is 30.3 Å². The van der Waals surface area contributed by atoms with Crippen LogP contribution in [0.1, 0.15) is 17.1 Å². The fourth-order valence-corrected chi connectivity index (χ4v) is 2.46. The molecule has 3 aromatic rings. The van der Waals surface area contributed by atoms with E-state index in [0.717, 1.165) is 16.9 Å². The molecule has 0 radical (unpaired) electrons. The van der Waals surface area contributed by atoms with Crippen molar-refractivity contribution in [1.29, 1.82) is 0 Å². The lowest BCUT2D eigenvalue weighted by molar-refractivity contribution is 0.617. The number of hydrogen-bond donors (Lipinski definition) is 0. The molecule has 3 nitrogen and oxygen atoms in total. The number of aryl methyl sites for hydroxylation is 1. The molecule has 0 amide bonds. The first-order valence-corrected chi connectivity index (χ1v) is 6.81. The summed E-state index contributed by atoms with van der Waals surface area (Å²) in [5.74, 6) is 0.650. The molecule has 0 bridgehead atoms. The van der Waals surface area contributed by atoms with Gasteiger partial charge in [-0.05, 0) is 38.1 Å². The second-order valence-electron chi connectivity index (χ2n) is 4.68. The number of rotatable bonds is 2. The normalized spacial score (nSPS) is 11.2. The lowest BCUT2D eigenvalue weighted by Gasteiger charge is -2.11. The Balaban J connectivity index is 2.39. The molecule has 3 rings (SSSR count). The Kier molecular flexibility index (Phi) is 3.18. The van der Waals surface area contributed by atoms with Gasteiger partial charge in [0.15, 0.2) is 5.65 Å². The number of benzene rings is 1. The summed E-state index contributed by atoms with van der Waals surface area (Å²) < 4.78 is 15.6. The second kappa shape index (κ2) is 4.87. The van der Waals surface area contributed by atoms with Crippen LogP contribution in [0.2, 0.25) is 0 Å². The van der Waals surface area contributed by atoms with Crippen molar-refractivity contribution in [3.8, 4) is 5.69 Å². The Hall–Kier alpha value is -1.94. The molecule has 0 aliphatic rings. The maximum atomic E-state index is 13.8. The molecular formula is C15H13ClFN3. The second-order valence-corrected chi connectivity index (χ2v) is 4.94. The van der Waals surface area contributed by atoms with E-state index in [1.165, 1.54) is 6.07 Å². The summed E-state index contributed by atoms with van der Waals surface area (Å²) in [6.07, 6.45) is 0. The third-order valence-corrected chi connectivity index (χ3v) is 3.55. The highest BCUT2D eigenvalue weighted by molar-refractivity contribution is 6.16. The van der Waals surface area contributed by atoms with Crippen molar-refractivity contribution in [2.24, 2.45) is 0 Å². The zero-order valence-electron chi connectivity index (χ0n) is 11.2. The van der Waals surface area contributed by atoms with Gasteiger partial charge in [-0.2, -0.15) is 0 Å². The van der Waals surface area contributed by atoms with Gasteiger partial charge in [0.1, 0.15) is 17.2 Å². The molecule has 2 aromatic heterocycles. The zero-order chi connectivity index (χ0) is 14.3. The predicted octanol–water partition coefficient (Wildman–Crippen LogP) is 3.92. The first kappa shape index (κ1) is 13.1. The van der Waals surface area contributed by atoms with Crippen LogP contribution in [0.4, 0.5) is 4.39 Å². The maximum Gasteiger partial charge on any atom is 0.164 e. The van der Waals surface area contributed by atoms with Crippen molar-refractivity contribution in [2.75, 3.05) is 0 Å². The van der Waals surface area contributed by atoms with Crippen LogP contribution in [0.5, 0.6) is 0 Å². The van der Waals surface area contributed by atoms with Gasteiger partial charge >= 0.3 is 0 Å². The third kappa shape index (κ3) is 1.96. The quantitative estimate of drug-likeness (QED) is 0.670. The van der Waals surface area contributed by atoms with Crippen LogP contribution in [-0.4, -0.2) is 14.5 Å². The van der Waals surface area contributed by atoms with E-state index in [4.69, 9.17) is 11.6 Å². The van der Waals surface area contributed by atoms with Crippen molar-refractivity contribution in [3.05, 3.63) is 53.2 Å². The summed E-state index contributed by atoms with van der Waals surface area (Å²) in [4.78, 5) is 8.98. The summed E-state index contributed by atoms with van der Waals surface area (Å²) in [6, 6.07) is 8.77. The van der Waals surface area contributed by atoms with E-state index in [0.29, 0.717) is 17.0 Å². The number of fused-ring (bicyclic) bond motifs is 1. The number of alkyl halides is 1. The van der Waals surface area contributed by atoms with E-state index >= 15 is 0 Å². The number of halogens is 2. The summed E-state index contributed by atoms with van der Waals surface area (Å²) in [5.41, 5.74) is 3.63. The van der Waals surface area contributed by atoms with Crippen LogP contribution in [0, 0.1) is 19.7 Å². The van der Waals surface area contributed by atoms with Gasteiger partial charge in [-0.1, -0.05) is 6.07 Å². The standard InChI is InChI=1S/C15H13ClFN3/c1-9-6-7-12-15(18-9)20(14(8-16)19-12)13-5-3-4-11(17)10(13)2/h3-7H,8H2,1-2H3. The molecule has 2 heterocycles. The van der Waals surface area contributed by atoms with Crippen LogP contribution in [-0.2, 0) is 5.88 Å². The summed E-state index contributed by atoms with van der Waals surface area (Å²) in [7, 11) is 0. The largest absolute Gasteiger partial charge is 0.279 e. The topological polar surface area (TPSA) is 30.7 Å². The van der Waals surface area contributed by atoms with Crippen molar-refractivity contribution in [1.82, 2.24) is 14.5 Å². The fourth-order valence-electron chi connectivity index (χ4n) is 2.28. The SMILES string of the molecule is Cc1ccc2nc(CCl)n(-c3cccc(F)c3C)c2n1. The lowest BCUT2D eigenvalue weighted by atomic mass is 10.2. The lowest BCUT2D eigenvalue weighted by Crippen LogP contribution is -2.04. The number of imidazole rings is 1. The van der Waals surface area contributed by atoms with Crippen LogP contribution < -0.4 is 0 Å². The van der Waals surface area contributed by atoms with E-state index in [1.807, 2.05) is 29.7 Å². The molecule has 0 unspecified atom stereocenters. The van der Waals surface area contributed by atoms with E-state index in [1.54, 1.807) is 13.0 Å². The van der Waals surface area contributed by atoms with Crippen molar-refractivity contribution in [3.63, 3.8) is 0 Å². The molecule has 102 valence electrons. The zero-order valence-corrected chi connectivity index (χ0v) is 11.9. The summed E-state index contributed by atoms with van der Waals surface area (Å²) in [6.45, 7) is 3.65. The van der Waals surface area contributed by atoms with E-state index in [9.17, 15) is 4.39 Å². The Bertz CT molecular complexity index is 795. The molecule has 1 aromatic carbocycles. The average Bonchev–Trinajstić information content (AvgIpc) is 2.79. The van der Waals surface area contributed by atoms with Gasteiger partial charge in [-0.3, -0.25) is 4.57 Å². The van der Waals surface area contributed by atoms with Crippen LogP contribution in [0.3, 0.4) is 0 Å².